The van der Waals surface area contributed by atoms with Crippen molar-refractivity contribution in [2.24, 2.45) is 0 Å². The molecule has 3 aliphatic heterocycles. The first-order chi connectivity index (χ1) is 21.2. The van der Waals surface area contributed by atoms with E-state index in [1.54, 1.807) is 6.20 Å². The second-order valence-corrected chi connectivity index (χ2v) is 13.6. The maximum Gasteiger partial charge on any atom is 0.417 e. The van der Waals surface area contributed by atoms with Gasteiger partial charge in [-0.25, -0.2) is 4.98 Å². The third-order valence-corrected chi connectivity index (χ3v) is 10.6. The van der Waals surface area contributed by atoms with Crippen LogP contribution in [0.2, 0.25) is 0 Å². The minimum atomic E-state index is -4.57. The molecule has 0 saturated carbocycles. The minimum Gasteiger partial charge on any atom is -0.353 e. The number of anilines is 2. The van der Waals surface area contributed by atoms with E-state index in [1.807, 2.05) is 6.07 Å². The molecule has 0 aliphatic carbocycles. The van der Waals surface area contributed by atoms with E-state index in [9.17, 15) is 13.2 Å². The lowest BCUT2D eigenvalue weighted by Crippen LogP contribution is -2.51. The SMILES string of the molecule is Cc1cc2[nH]ncc2c(-c2nccc3c2sc2nc(N4CCCN(C)CC4C)nc(N4CC5CCC(C4)N5)c23)c1C(F)(F)F. The van der Waals surface area contributed by atoms with E-state index in [4.69, 9.17) is 9.97 Å². The summed E-state index contributed by atoms with van der Waals surface area (Å²) in [4.78, 5) is 22.8. The van der Waals surface area contributed by atoms with E-state index >= 15 is 0 Å². The zero-order valence-corrected chi connectivity index (χ0v) is 25.7. The van der Waals surface area contributed by atoms with Crippen LogP contribution in [0.1, 0.15) is 37.3 Å². The van der Waals surface area contributed by atoms with Gasteiger partial charge in [0.1, 0.15) is 10.6 Å². The van der Waals surface area contributed by atoms with Gasteiger partial charge < -0.3 is 20.0 Å². The molecule has 1 aromatic carbocycles. The Hall–Kier alpha value is -3.55. The molecule has 3 atom stereocenters. The second kappa shape index (κ2) is 10.2. The molecule has 7 heterocycles. The molecule has 8 rings (SSSR count). The van der Waals surface area contributed by atoms with Crippen molar-refractivity contribution >= 4 is 54.3 Å². The predicted octanol–water partition coefficient (Wildman–Crippen LogP) is 5.58. The normalized spacial score (nSPS) is 23.4. The molecule has 0 spiro atoms. The maximum absolute atomic E-state index is 14.7. The number of H-pyrrole nitrogens is 1. The van der Waals surface area contributed by atoms with E-state index in [0.29, 0.717) is 39.3 Å². The lowest BCUT2D eigenvalue weighted by atomic mass is 9.94. The first kappa shape index (κ1) is 28.0. The summed E-state index contributed by atoms with van der Waals surface area (Å²) < 4.78 is 44.7. The Morgan fingerprint density at radius 1 is 1.05 bits per heavy atom. The van der Waals surface area contributed by atoms with Crippen molar-refractivity contribution in [2.45, 2.75) is 57.4 Å². The zero-order valence-electron chi connectivity index (χ0n) is 24.9. The standard InChI is InChI=1S/C31H34F3N9S/c1-16-11-22-21(12-36-40-22)23(25(16)31(32,33)34)26-27-20(7-8-35-26)24-28(42-14-18-5-6-19(15-42)37-18)38-30(39-29(24)44-27)43-10-4-9-41(3)13-17(43)2/h7-8,11-12,17-19,37H,4-6,9-10,13-15H2,1-3H3,(H,36,40). The van der Waals surface area contributed by atoms with Gasteiger partial charge in [0.15, 0.2) is 0 Å². The highest BCUT2D eigenvalue weighted by molar-refractivity contribution is 7.26. The Balaban J connectivity index is 1.39. The molecule has 9 nitrogen and oxygen atoms in total. The number of likely N-dealkylation sites (N-methyl/N-ethyl adjacent to an activating group) is 1. The molecule has 3 fully saturated rings. The molecule has 2 N–H and O–H groups in total. The van der Waals surface area contributed by atoms with Crippen molar-refractivity contribution in [1.29, 1.82) is 0 Å². The number of aromatic nitrogens is 5. The number of nitrogens with one attached hydrogen (secondary N) is 2. The number of aromatic amines is 1. The molecule has 5 aromatic rings. The predicted molar refractivity (Wildman–Crippen MR) is 169 cm³/mol. The largest absolute Gasteiger partial charge is 0.417 e. The molecule has 230 valence electrons. The number of fused-ring (bicyclic) bond motifs is 6. The molecule has 3 saturated heterocycles. The highest BCUT2D eigenvalue weighted by Gasteiger charge is 2.39. The summed E-state index contributed by atoms with van der Waals surface area (Å²) in [5, 5.41) is 12.8. The number of pyridine rings is 1. The Labute approximate surface area is 256 Å². The van der Waals surface area contributed by atoms with Crippen LogP contribution in [0.4, 0.5) is 24.9 Å². The van der Waals surface area contributed by atoms with Crippen molar-refractivity contribution in [1.82, 2.24) is 35.4 Å². The summed E-state index contributed by atoms with van der Waals surface area (Å²) in [5.41, 5.74) is 0.341. The van der Waals surface area contributed by atoms with E-state index < -0.39 is 11.7 Å². The number of alkyl halides is 3. The number of rotatable bonds is 3. The Morgan fingerprint density at radius 2 is 1.84 bits per heavy atom. The number of halogens is 3. The summed E-state index contributed by atoms with van der Waals surface area (Å²) >= 11 is 1.41. The van der Waals surface area contributed by atoms with Gasteiger partial charge in [0.25, 0.3) is 0 Å². The number of nitrogens with zero attached hydrogens (tertiary/aromatic N) is 7. The number of aryl methyl sites for hydroxylation is 1. The molecular weight excluding hydrogens is 587 g/mol. The van der Waals surface area contributed by atoms with Gasteiger partial charge in [0.2, 0.25) is 5.95 Å². The van der Waals surface area contributed by atoms with Crippen LogP contribution in [-0.2, 0) is 6.18 Å². The quantitative estimate of drug-likeness (QED) is 0.270. The molecule has 0 amide bonds. The fourth-order valence-corrected chi connectivity index (χ4v) is 8.74. The third kappa shape index (κ3) is 4.50. The van der Waals surface area contributed by atoms with Crippen molar-refractivity contribution in [2.75, 3.05) is 49.6 Å². The molecule has 2 bridgehead atoms. The highest BCUT2D eigenvalue weighted by atomic mass is 32.1. The summed E-state index contributed by atoms with van der Waals surface area (Å²) in [7, 11) is 2.14. The van der Waals surface area contributed by atoms with Crippen LogP contribution in [0.3, 0.4) is 0 Å². The van der Waals surface area contributed by atoms with E-state index in [2.05, 4.69) is 49.2 Å². The van der Waals surface area contributed by atoms with Gasteiger partial charge in [0, 0.05) is 66.8 Å². The summed E-state index contributed by atoms with van der Waals surface area (Å²) in [6.45, 7) is 8.13. The Morgan fingerprint density at radius 3 is 2.61 bits per heavy atom. The van der Waals surface area contributed by atoms with Crippen molar-refractivity contribution in [3.63, 3.8) is 0 Å². The number of hydrogen-bond acceptors (Lipinski definition) is 9. The van der Waals surface area contributed by atoms with Gasteiger partial charge in [-0.05, 0) is 64.4 Å². The maximum atomic E-state index is 14.7. The summed E-state index contributed by atoms with van der Waals surface area (Å²) in [5.74, 6) is 1.55. The first-order valence-corrected chi connectivity index (χ1v) is 16.1. The number of thiophene rings is 1. The molecule has 4 aromatic heterocycles. The van der Waals surface area contributed by atoms with Crippen molar-refractivity contribution in [3.8, 4) is 11.3 Å². The molecule has 0 radical (unpaired) electrons. The van der Waals surface area contributed by atoms with Gasteiger partial charge >= 0.3 is 6.18 Å². The smallest absolute Gasteiger partial charge is 0.353 e. The Kier molecular flexibility index (Phi) is 6.51. The first-order valence-electron chi connectivity index (χ1n) is 15.3. The topological polar surface area (TPSA) is 89.1 Å². The average molecular weight is 622 g/mol. The van der Waals surface area contributed by atoms with Crippen LogP contribution in [-0.4, -0.2) is 87.9 Å². The van der Waals surface area contributed by atoms with Crippen molar-refractivity contribution < 1.29 is 13.2 Å². The van der Waals surface area contributed by atoms with Gasteiger partial charge in [-0.2, -0.15) is 23.3 Å². The lowest BCUT2D eigenvalue weighted by Gasteiger charge is -2.35. The molecule has 44 heavy (non-hydrogen) atoms. The number of hydrogen-bond donors (Lipinski definition) is 2. The molecule has 13 heteroatoms. The van der Waals surface area contributed by atoms with Crippen LogP contribution >= 0.6 is 11.3 Å². The summed E-state index contributed by atoms with van der Waals surface area (Å²) in [6.07, 6.45) is 1.77. The van der Waals surface area contributed by atoms with Gasteiger partial charge in [-0.3, -0.25) is 10.1 Å². The number of benzene rings is 1. The zero-order chi connectivity index (χ0) is 30.3. The molecular formula is C31H34F3N9S. The van der Waals surface area contributed by atoms with E-state index in [1.165, 1.54) is 30.5 Å². The van der Waals surface area contributed by atoms with Crippen LogP contribution in [0.5, 0.6) is 0 Å². The van der Waals surface area contributed by atoms with Crippen LogP contribution < -0.4 is 15.1 Å². The fourth-order valence-electron chi connectivity index (χ4n) is 7.58. The fraction of sp³-hybridized carbons (Fsp3) is 0.484. The summed E-state index contributed by atoms with van der Waals surface area (Å²) in [6, 6.07) is 4.42. The van der Waals surface area contributed by atoms with E-state index in [0.717, 1.165) is 73.4 Å². The molecule has 3 aliphatic rings. The third-order valence-electron chi connectivity index (χ3n) is 9.50. The van der Waals surface area contributed by atoms with Crippen LogP contribution in [0.25, 0.3) is 42.5 Å². The minimum absolute atomic E-state index is 0.0533. The van der Waals surface area contributed by atoms with Crippen LogP contribution in [0, 0.1) is 6.92 Å². The van der Waals surface area contributed by atoms with Gasteiger partial charge in [-0.15, -0.1) is 11.3 Å². The number of piperazine rings is 1. The monoisotopic (exact) mass is 621 g/mol. The van der Waals surface area contributed by atoms with Gasteiger partial charge in [0.05, 0.1) is 33.1 Å². The Bertz CT molecular complexity index is 1890. The second-order valence-electron chi connectivity index (χ2n) is 12.6. The molecule has 3 unspecified atom stereocenters. The highest BCUT2D eigenvalue weighted by Crippen LogP contribution is 2.48. The lowest BCUT2D eigenvalue weighted by molar-refractivity contribution is -0.137. The van der Waals surface area contributed by atoms with E-state index in [-0.39, 0.29) is 17.2 Å². The van der Waals surface area contributed by atoms with Crippen molar-refractivity contribution in [3.05, 3.63) is 35.7 Å². The average Bonchev–Trinajstić information content (AvgIpc) is 3.66. The van der Waals surface area contributed by atoms with Crippen LogP contribution in [0.15, 0.2) is 24.5 Å². The van der Waals surface area contributed by atoms with Gasteiger partial charge in [-0.1, -0.05) is 0 Å².